The van der Waals surface area contributed by atoms with E-state index >= 15 is 0 Å². The van der Waals surface area contributed by atoms with Crippen molar-refractivity contribution in [3.8, 4) is 0 Å². The number of rotatable bonds is 6. The van der Waals surface area contributed by atoms with Gasteiger partial charge >= 0.3 is 0 Å². The summed E-state index contributed by atoms with van der Waals surface area (Å²) in [7, 11) is 1.57. The number of halogens is 1. The van der Waals surface area contributed by atoms with Gasteiger partial charge in [0.05, 0.1) is 13.2 Å². The Morgan fingerprint density at radius 2 is 1.85 bits per heavy atom. The van der Waals surface area contributed by atoms with E-state index in [4.69, 9.17) is 26.2 Å². The van der Waals surface area contributed by atoms with E-state index in [2.05, 4.69) is 5.32 Å². The quantitative estimate of drug-likeness (QED) is 0.796. The maximum Gasteiger partial charge on any atom is 0.285 e. The molecule has 2 N–H and O–H groups in total. The molecule has 0 radical (unpaired) electrons. The Bertz CT molecular complexity index is 802. The number of carbonyl (C=O) groups is 1. The molecule has 0 unspecified atom stereocenters. The lowest BCUT2D eigenvalue weighted by Gasteiger charge is -2.29. The van der Waals surface area contributed by atoms with Gasteiger partial charge in [0.25, 0.3) is 5.91 Å². The predicted octanol–water partition coefficient (Wildman–Crippen LogP) is 3.51. The maximum atomic E-state index is 12.1. The Balaban J connectivity index is 1.72. The van der Waals surface area contributed by atoms with Gasteiger partial charge in [0.1, 0.15) is 0 Å². The van der Waals surface area contributed by atoms with Crippen LogP contribution in [-0.2, 0) is 27.5 Å². The van der Waals surface area contributed by atoms with E-state index in [9.17, 15) is 4.79 Å². The first-order valence-corrected chi connectivity index (χ1v) is 9.13. The van der Waals surface area contributed by atoms with Crippen LogP contribution in [0.25, 0.3) is 0 Å². The molecule has 0 saturated heterocycles. The van der Waals surface area contributed by atoms with E-state index in [1.54, 1.807) is 7.05 Å². The second kappa shape index (κ2) is 9.04. The number of hydrogen-bond acceptors (Lipinski definition) is 4. The van der Waals surface area contributed by atoms with Crippen molar-refractivity contribution in [2.45, 2.75) is 31.8 Å². The molecule has 0 aliphatic carbocycles. The molecule has 2 aromatic carbocycles. The molecule has 6 heteroatoms. The minimum absolute atomic E-state index is 0.00918. The van der Waals surface area contributed by atoms with E-state index in [1.807, 2.05) is 54.6 Å². The largest absolute Gasteiger partial charge is 0.459 e. The topological polar surface area (TPSA) is 67.8 Å². The highest BCUT2D eigenvalue weighted by atomic mass is 35.5. The zero-order chi connectivity index (χ0) is 19.2. The molecule has 2 atom stereocenters. The van der Waals surface area contributed by atoms with Crippen LogP contribution in [0.5, 0.6) is 0 Å². The van der Waals surface area contributed by atoms with E-state index < -0.39 is 6.29 Å². The van der Waals surface area contributed by atoms with Gasteiger partial charge in [-0.25, -0.2) is 0 Å². The van der Waals surface area contributed by atoms with Crippen LogP contribution in [0.1, 0.15) is 29.0 Å². The summed E-state index contributed by atoms with van der Waals surface area (Å²) in [6.07, 6.45) is 1.87. The monoisotopic (exact) mass is 387 g/mol. The summed E-state index contributed by atoms with van der Waals surface area (Å²) in [5.74, 6) is -0.0380. The van der Waals surface area contributed by atoms with Gasteiger partial charge in [-0.05, 0) is 34.9 Å². The molecule has 0 spiro atoms. The zero-order valence-corrected chi connectivity index (χ0v) is 15.8. The summed E-state index contributed by atoms with van der Waals surface area (Å²) < 4.78 is 11.7. The lowest BCUT2D eigenvalue weighted by Crippen LogP contribution is -2.31. The van der Waals surface area contributed by atoms with Gasteiger partial charge in [-0.15, -0.1) is 0 Å². The minimum Gasteiger partial charge on any atom is -0.459 e. The van der Waals surface area contributed by atoms with Crippen molar-refractivity contribution in [1.82, 2.24) is 5.32 Å². The van der Waals surface area contributed by atoms with Gasteiger partial charge in [0, 0.05) is 24.4 Å². The van der Waals surface area contributed by atoms with Crippen molar-refractivity contribution in [2.24, 2.45) is 0 Å². The number of aliphatic hydroxyl groups is 1. The predicted molar refractivity (Wildman–Crippen MR) is 103 cm³/mol. The standard InChI is InChI=1S/C21H22ClNO4/c1-23-21(25)19-10-17(16-6-8-18(22)9-7-16)11-20(27-19)26-13-15-4-2-14(12-24)3-5-15/h2-10,17,20,24H,11-13H2,1H3,(H,23,25)/t17-,20+/m0/s1. The van der Waals surface area contributed by atoms with Crippen molar-refractivity contribution in [2.75, 3.05) is 7.05 Å². The minimum atomic E-state index is -0.541. The summed E-state index contributed by atoms with van der Waals surface area (Å²) in [5.41, 5.74) is 2.86. The number of ether oxygens (including phenoxy) is 2. The highest BCUT2D eigenvalue weighted by molar-refractivity contribution is 6.30. The first kappa shape index (κ1) is 19.4. The number of nitrogens with one attached hydrogen (secondary N) is 1. The van der Waals surface area contributed by atoms with E-state index in [-0.39, 0.29) is 24.2 Å². The Labute approximate surface area is 163 Å². The summed E-state index contributed by atoms with van der Waals surface area (Å²) in [6.45, 7) is 0.362. The van der Waals surface area contributed by atoms with Gasteiger partial charge in [-0.1, -0.05) is 48.0 Å². The Kier molecular flexibility index (Phi) is 6.50. The van der Waals surface area contributed by atoms with E-state index in [0.717, 1.165) is 16.7 Å². The van der Waals surface area contributed by atoms with Crippen LogP contribution in [0.3, 0.4) is 0 Å². The average Bonchev–Trinajstić information content (AvgIpc) is 2.72. The molecule has 3 rings (SSSR count). The second-order valence-electron chi connectivity index (χ2n) is 6.34. The maximum absolute atomic E-state index is 12.1. The van der Waals surface area contributed by atoms with Crippen LogP contribution in [0.4, 0.5) is 0 Å². The van der Waals surface area contributed by atoms with Crippen molar-refractivity contribution in [3.63, 3.8) is 0 Å². The second-order valence-corrected chi connectivity index (χ2v) is 6.77. The number of amides is 1. The van der Waals surface area contributed by atoms with Crippen LogP contribution in [0.15, 0.2) is 60.4 Å². The molecule has 0 saturated carbocycles. The Morgan fingerprint density at radius 3 is 2.48 bits per heavy atom. The van der Waals surface area contributed by atoms with E-state index in [0.29, 0.717) is 18.1 Å². The number of hydrogen-bond donors (Lipinski definition) is 2. The molecular weight excluding hydrogens is 366 g/mol. The van der Waals surface area contributed by atoms with Crippen LogP contribution in [0.2, 0.25) is 5.02 Å². The van der Waals surface area contributed by atoms with Gasteiger partial charge in [-0.3, -0.25) is 4.79 Å². The third kappa shape index (κ3) is 5.10. The van der Waals surface area contributed by atoms with Gasteiger partial charge in [0.2, 0.25) is 6.29 Å². The molecule has 27 heavy (non-hydrogen) atoms. The van der Waals surface area contributed by atoms with Crippen LogP contribution in [-0.4, -0.2) is 24.4 Å². The molecule has 0 aromatic heterocycles. The third-order valence-electron chi connectivity index (χ3n) is 4.45. The van der Waals surface area contributed by atoms with Crippen LogP contribution < -0.4 is 5.32 Å². The summed E-state index contributed by atoms with van der Waals surface area (Å²) >= 11 is 5.98. The highest BCUT2D eigenvalue weighted by Crippen LogP contribution is 2.32. The Hall–Kier alpha value is -2.34. The molecule has 1 amide bonds. The fourth-order valence-electron chi connectivity index (χ4n) is 2.91. The molecule has 2 aromatic rings. The number of aliphatic hydroxyl groups excluding tert-OH is 1. The lowest BCUT2D eigenvalue weighted by molar-refractivity contribution is -0.150. The lowest BCUT2D eigenvalue weighted by atomic mass is 9.93. The number of allylic oxidation sites excluding steroid dienone is 1. The molecule has 5 nitrogen and oxygen atoms in total. The number of carbonyl (C=O) groups excluding carboxylic acids is 1. The third-order valence-corrected chi connectivity index (χ3v) is 4.70. The van der Waals surface area contributed by atoms with Gasteiger partial charge in [-0.2, -0.15) is 0 Å². The van der Waals surface area contributed by atoms with Crippen molar-refractivity contribution in [3.05, 3.63) is 82.1 Å². The summed E-state index contributed by atoms with van der Waals surface area (Å²) in [6, 6.07) is 15.1. The fraction of sp³-hybridized carbons (Fsp3) is 0.286. The molecule has 1 aliphatic heterocycles. The van der Waals surface area contributed by atoms with Crippen molar-refractivity contribution >= 4 is 17.5 Å². The van der Waals surface area contributed by atoms with Crippen molar-refractivity contribution < 1.29 is 19.4 Å². The van der Waals surface area contributed by atoms with Crippen LogP contribution in [0, 0.1) is 0 Å². The molecule has 0 bridgehead atoms. The smallest absolute Gasteiger partial charge is 0.285 e. The summed E-state index contributed by atoms with van der Waals surface area (Å²) in [5, 5.41) is 12.4. The van der Waals surface area contributed by atoms with E-state index in [1.165, 1.54) is 0 Å². The summed E-state index contributed by atoms with van der Waals surface area (Å²) in [4.78, 5) is 12.1. The van der Waals surface area contributed by atoms with Crippen LogP contribution >= 0.6 is 11.6 Å². The normalized spacial score (nSPS) is 19.1. The average molecular weight is 388 g/mol. The number of benzene rings is 2. The molecule has 1 aliphatic rings. The fourth-order valence-corrected chi connectivity index (χ4v) is 3.04. The van der Waals surface area contributed by atoms with Crippen molar-refractivity contribution in [1.29, 1.82) is 0 Å². The Morgan fingerprint density at radius 1 is 1.19 bits per heavy atom. The molecular formula is C21H22ClNO4. The first-order valence-electron chi connectivity index (χ1n) is 8.75. The SMILES string of the molecule is CNC(=O)C1=C[C@H](c2ccc(Cl)cc2)C[C@H](OCc2ccc(CO)cc2)O1. The zero-order valence-electron chi connectivity index (χ0n) is 15.0. The first-order chi connectivity index (χ1) is 13.1. The van der Waals surface area contributed by atoms with Gasteiger partial charge in [0.15, 0.2) is 5.76 Å². The van der Waals surface area contributed by atoms with Gasteiger partial charge < -0.3 is 19.9 Å². The highest BCUT2D eigenvalue weighted by Gasteiger charge is 2.28. The number of likely N-dealkylation sites (N-methyl/N-ethyl adjacent to an activating group) is 1. The molecule has 1 heterocycles. The molecule has 0 fully saturated rings. The molecule has 142 valence electrons.